The molecule has 0 aromatic carbocycles. The summed E-state index contributed by atoms with van der Waals surface area (Å²) in [5, 5.41) is 12.1. The van der Waals surface area contributed by atoms with Crippen LogP contribution in [0.3, 0.4) is 0 Å². The van der Waals surface area contributed by atoms with Crippen LogP contribution in [0.4, 0.5) is 4.79 Å². The first kappa shape index (κ1) is 8.31. The molecule has 1 aromatic heterocycles. The van der Waals surface area contributed by atoms with Crippen LogP contribution in [-0.4, -0.2) is 21.0 Å². The van der Waals surface area contributed by atoms with Gasteiger partial charge in [-0.05, 0) is 22.6 Å². The molecule has 0 amide bonds. The second-order valence-electron chi connectivity index (χ2n) is 1.83. The molecule has 0 aliphatic carbocycles. The quantitative estimate of drug-likeness (QED) is 0.611. The minimum Gasteiger partial charge on any atom is -0.449 e. The van der Waals surface area contributed by atoms with E-state index in [1.54, 1.807) is 7.05 Å². The van der Waals surface area contributed by atoms with Gasteiger partial charge in [0.25, 0.3) is 0 Å². The maximum absolute atomic E-state index is 10.1. The molecule has 1 aromatic rings. The summed E-state index contributed by atoms with van der Waals surface area (Å²) in [5.74, 6) is 0.264. The second kappa shape index (κ2) is 3.07. The number of rotatable bonds is 1. The van der Waals surface area contributed by atoms with Gasteiger partial charge in [-0.1, -0.05) is 0 Å². The number of hydrogen-bond acceptors (Lipinski definition) is 3. The zero-order chi connectivity index (χ0) is 8.43. The van der Waals surface area contributed by atoms with Gasteiger partial charge >= 0.3 is 6.16 Å². The monoisotopic (exact) mass is 268 g/mol. The molecule has 0 aliphatic rings. The van der Waals surface area contributed by atoms with Crippen LogP contribution in [-0.2, 0) is 7.05 Å². The fourth-order valence-electron chi connectivity index (χ4n) is 0.602. The van der Waals surface area contributed by atoms with E-state index in [2.05, 4.69) is 9.84 Å². The van der Waals surface area contributed by atoms with Crippen molar-refractivity contribution in [2.75, 3.05) is 0 Å². The maximum Gasteiger partial charge on any atom is 0.511 e. The van der Waals surface area contributed by atoms with E-state index >= 15 is 0 Å². The molecule has 5 nitrogen and oxygen atoms in total. The number of aryl methyl sites for hydroxylation is 1. The third-order valence-corrected chi connectivity index (χ3v) is 1.70. The fourth-order valence-corrected chi connectivity index (χ4v) is 1.19. The number of carboxylic acid groups (broad SMARTS) is 1. The summed E-state index contributed by atoms with van der Waals surface area (Å²) < 4.78 is 6.41. The Bertz CT molecular complexity index is 283. The van der Waals surface area contributed by atoms with Crippen molar-refractivity contribution in [3.8, 4) is 5.75 Å². The SMILES string of the molecule is Cn1cc(OC(=O)O)c(I)n1. The summed E-state index contributed by atoms with van der Waals surface area (Å²) in [6.45, 7) is 0. The molecule has 0 fully saturated rings. The Balaban J connectivity index is 2.85. The van der Waals surface area contributed by atoms with Gasteiger partial charge in [-0.15, -0.1) is 0 Å². The minimum absolute atomic E-state index is 0.264. The molecule has 0 atom stereocenters. The fraction of sp³-hybridized carbons (Fsp3) is 0.200. The van der Waals surface area contributed by atoms with Crippen LogP contribution in [0.1, 0.15) is 0 Å². The summed E-state index contributed by atoms with van der Waals surface area (Å²) in [7, 11) is 1.69. The summed E-state index contributed by atoms with van der Waals surface area (Å²) in [4.78, 5) is 10.1. The van der Waals surface area contributed by atoms with Crippen molar-refractivity contribution in [1.29, 1.82) is 0 Å². The van der Waals surface area contributed by atoms with Gasteiger partial charge in [-0.3, -0.25) is 4.68 Å². The number of carbonyl (C=O) groups is 1. The van der Waals surface area contributed by atoms with Crippen molar-refractivity contribution in [1.82, 2.24) is 9.78 Å². The first-order valence-corrected chi connectivity index (χ1v) is 3.77. The highest BCUT2D eigenvalue weighted by Crippen LogP contribution is 2.17. The second-order valence-corrected chi connectivity index (χ2v) is 2.85. The number of halogens is 1. The van der Waals surface area contributed by atoms with E-state index in [9.17, 15) is 4.79 Å². The molecule has 6 heteroatoms. The highest BCUT2D eigenvalue weighted by molar-refractivity contribution is 14.1. The smallest absolute Gasteiger partial charge is 0.449 e. The van der Waals surface area contributed by atoms with E-state index in [-0.39, 0.29) is 5.75 Å². The minimum atomic E-state index is -1.32. The summed E-state index contributed by atoms with van der Waals surface area (Å²) in [6.07, 6.45) is 0.173. The number of aromatic nitrogens is 2. The molecular weight excluding hydrogens is 263 g/mol. The van der Waals surface area contributed by atoms with E-state index in [1.807, 2.05) is 22.6 Å². The van der Waals surface area contributed by atoms with Crippen molar-refractivity contribution >= 4 is 28.7 Å². The van der Waals surface area contributed by atoms with E-state index in [1.165, 1.54) is 10.9 Å². The third kappa shape index (κ3) is 2.07. The van der Waals surface area contributed by atoms with Gasteiger partial charge in [0.2, 0.25) is 0 Å². The van der Waals surface area contributed by atoms with Gasteiger partial charge in [0.1, 0.15) is 0 Å². The van der Waals surface area contributed by atoms with E-state index in [0.717, 1.165) is 0 Å². The first-order valence-electron chi connectivity index (χ1n) is 2.69. The van der Waals surface area contributed by atoms with Gasteiger partial charge in [0, 0.05) is 7.05 Å². The molecular formula is C5H5IN2O3. The molecule has 11 heavy (non-hydrogen) atoms. The summed E-state index contributed by atoms with van der Waals surface area (Å²) >= 11 is 1.89. The highest BCUT2D eigenvalue weighted by atomic mass is 127. The predicted octanol–water partition coefficient (Wildman–Crippen LogP) is 1.08. The van der Waals surface area contributed by atoms with Crippen LogP contribution in [0.25, 0.3) is 0 Å². The average Bonchev–Trinajstić information content (AvgIpc) is 2.09. The van der Waals surface area contributed by atoms with Gasteiger partial charge in [-0.2, -0.15) is 5.10 Å². The van der Waals surface area contributed by atoms with Crippen molar-refractivity contribution in [3.63, 3.8) is 0 Å². The van der Waals surface area contributed by atoms with Crippen molar-refractivity contribution < 1.29 is 14.6 Å². The number of ether oxygens (including phenoxy) is 1. The highest BCUT2D eigenvalue weighted by Gasteiger charge is 2.08. The Kier molecular flexibility index (Phi) is 2.32. The van der Waals surface area contributed by atoms with E-state index < -0.39 is 6.16 Å². The molecule has 0 unspecified atom stereocenters. The lowest BCUT2D eigenvalue weighted by Gasteiger charge is -1.92. The van der Waals surface area contributed by atoms with Crippen LogP contribution in [0.15, 0.2) is 6.20 Å². The Hall–Kier alpha value is -0.790. The van der Waals surface area contributed by atoms with Crippen LogP contribution >= 0.6 is 22.6 Å². The summed E-state index contributed by atoms with van der Waals surface area (Å²) in [6, 6.07) is 0. The lowest BCUT2D eigenvalue weighted by Crippen LogP contribution is -2.02. The third-order valence-electron chi connectivity index (χ3n) is 0.950. The Labute approximate surface area is 76.1 Å². The molecule has 60 valence electrons. The topological polar surface area (TPSA) is 64.3 Å². The van der Waals surface area contributed by atoms with Crippen LogP contribution in [0.2, 0.25) is 0 Å². The van der Waals surface area contributed by atoms with Crippen molar-refractivity contribution in [3.05, 3.63) is 9.90 Å². The van der Waals surface area contributed by atoms with Crippen LogP contribution < -0.4 is 4.74 Å². The molecule has 0 spiro atoms. The van der Waals surface area contributed by atoms with Crippen molar-refractivity contribution in [2.24, 2.45) is 7.05 Å². The largest absolute Gasteiger partial charge is 0.511 e. The molecule has 0 saturated heterocycles. The molecule has 1 rings (SSSR count). The lowest BCUT2D eigenvalue weighted by atomic mass is 10.7. The Morgan fingerprint density at radius 3 is 2.91 bits per heavy atom. The van der Waals surface area contributed by atoms with Gasteiger partial charge in [0.05, 0.1) is 6.20 Å². The first-order chi connectivity index (χ1) is 5.09. The molecule has 0 radical (unpaired) electrons. The molecule has 0 aliphatic heterocycles. The van der Waals surface area contributed by atoms with Gasteiger partial charge in [-0.25, -0.2) is 4.79 Å². The van der Waals surface area contributed by atoms with Crippen molar-refractivity contribution in [2.45, 2.75) is 0 Å². The Morgan fingerprint density at radius 2 is 2.55 bits per heavy atom. The number of nitrogens with zero attached hydrogens (tertiary/aromatic N) is 2. The van der Waals surface area contributed by atoms with Gasteiger partial charge in [0.15, 0.2) is 9.45 Å². The molecule has 1 N–H and O–H groups in total. The molecule has 0 saturated carbocycles. The van der Waals surface area contributed by atoms with E-state index in [0.29, 0.717) is 3.70 Å². The maximum atomic E-state index is 10.1. The zero-order valence-corrected chi connectivity index (χ0v) is 7.77. The number of hydrogen-bond donors (Lipinski definition) is 1. The normalized spacial score (nSPS) is 9.64. The Morgan fingerprint density at radius 1 is 1.91 bits per heavy atom. The average molecular weight is 268 g/mol. The van der Waals surface area contributed by atoms with Crippen LogP contribution in [0, 0.1) is 3.70 Å². The van der Waals surface area contributed by atoms with Gasteiger partial charge < -0.3 is 9.84 Å². The molecule has 1 heterocycles. The predicted molar refractivity (Wildman–Crippen MR) is 44.6 cm³/mol. The zero-order valence-electron chi connectivity index (χ0n) is 5.61. The standard InChI is InChI=1S/C5H5IN2O3/c1-8-2-3(4(6)7-8)11-5(9)10/h2H,1H3,(H,9,10). The van der Waals surface area contributed by atoms with Crippen LogP contribution in [0.5, 0.6) is 5.75 Å². The van der Waals surface area contributed by atoms with E-state index in [4.69, 9.17) is 5.11 Å². The summed E-state index contributed by atoms with van der Waals surface area (Å²) in [5.41, 5.74) is 0. The molecule has 0 bridgehead atoms. The lowest BCUT2D eigenvalue weighted by molar-refractivity contribution is 0.144.